The molecule has 4 rings (SSSR count). The van der Waals surface area contributed by atoms with Gasteiger partial charge in [0.05, 0.1) is 24.8 Å². The van der Waals surface area contributed by atoms with Crippen molar-refractivity contribution in [3.05, 3.63) is 72.3 Å². The fourth-order valence-corrected chi connectivity index (χ4v) is 3.78. The molecule has 2 N–H and O–H groups in total. The first kappa shape index (κ1) is 19.8. The lowest BCUT2D eigenvalue weighted by molar-refractivity contribution is -0.127. The van der Waals surface area contributed by atoms with Gasteiger partial charge in [0, 0.05) is 7.05 Å². The number of hydrogen-bond acceptors (Lipinski definition) is 4. The highest BCUT2D eigenvalue weighted by atomic mass is 16.5. The lowest BCUT2D eigenvalue weighted by atomic mass is 10.0. The predicted octanol–water partition coefficient (Wildman–Crippen LogP) is 3.03. The third-order valence-electron chi connectivity index (χ3n) is 5.39. The molecule has 0 aliphatic carbocycles. The van der Waals surface area contributed by atoms with Crippen molar-refractivity contribution < 1.29 is 14.3 Å². The van der Waals surface area contributed by atoms with Crippen LogP contribution >= 0.6 is 0 Å². The Bertz CT molecular complexity index is 1080. The first-order valence-corrected chi connectivity index (χ1v) is 10.1. The van der Waals surface area contributed by atoms with Crippen molar-refractivity contribution in [2.24, 2.45) is 0 Å². The predicted molar refractivity (Wildman–Crippen MR) is 118 cm³/mol. The minimum atomic E-state index is -0.657. The summed E-state index contributed by atoms with van der Waals surface area (Å²) in [5.74, 6) is 0.287. The van der Waals surface area contributed by atoms with Crippen LogP contribution < -0.4 is 20.3 Å². The number of rotatable bonds is 5. The number of fused-ring (bicyclic) bond motifs is 2. The van der Waals surface area contributed by atoms with Crippen molar-refractivity contribution in [2.45, 2.75) is 19.1 Å². The Morgan fingerprint density at radius 2 is 1.80 bits per heavy atom. The summed E-state index contributed by atoms with van der Waals surface area (Å²) in [6.07, 6.45) is -0.657. The minimum Gasteiger partial charge on any atom is -0.477 e. The molecule has 3 aromatic rings. The zero-order valence-electron chi connectivity index (χ0n) is 17.1. The number of likely N-dealkylation sites (N-methyl/N-ethyl adjacent to an activating group) is 1. The Morgan fingerprint density at radius 1 is 1.07 bits per heavy atom. The molecular weight excluding hydrogens is 378 g/mol. The summed E-state index contributed by atoms with van der Waals surface area (Å²) in [5.41, 5.74) is 1.86. The van der Waals surface area contributed by atoms with E-state index in [-0.39, 0.29) is 24.4 Å². The molecule has 2 amide bonds. The van der Waals surface area contributed by atoms with E-state index >= 15 is 0 Å². The normalized spacial score (nSPS) is 16.3. The number of anilines is 1. The van der Waals surface area contributed by atoms with E-state index in [0.29, 0.717) is 12.3 Å². The lowest BCUT2D eigenvalue weighted by Gasteiger charge is -2.35. The molecule has 30 heavy (non-hydrogen) atoms. The van der Waals surface area contributed by atoms with Crippen molar-refractivity contribution in [1.29, 1.82) is 0 Å². The van der Waals surface area contributed by atoms with E-state index in [1.54, 1.807) is 7.05 Å². The van der Waals surface area contributed by atoms with Gasteiger partial charge in [-0.1, -0.05) is 48.5 Å². The molecule has 1 aliphatic rings. The van der Waals surface area contributed by atoms with Gasteiger partial charge in [-0.15, -0.1) is 0 Å². The maximum atomic E-state index is 12.8. The highest BCUT2D eigenvalue weighted by molar-refractivity contribution is 5.86. The van der Waals surface area contributed by atoms with E-state index < -0.39 is 6.10 Å². The zero-order valence-corrected chi connectivity index (χ0v) is 17.1. The summed E-state index contributed by atoms with van der Waals surface area (Å²) in [4.78, 5) is 26.8. The quantitative estimate of drug-likeness (QED) is 0.687. The van der Waals surface area contributed by atoms with Crippen LogP contribution in [0.2, 0.25) is 0 Å². The molecular formula is C24H25N3O3. The van der Waals surface area contributed by atoms with Gasteiger partial charge >= 0.3 is 0 Å². The van der Waals surface area contributed by atoms with E-state index in [1.165, 1.54) is 5.39 Å². The number of carbonyl (C=O) groups is 2. The topological polar surface area (TPSA) is 70.7 Å². The molecule has 0 saturated carbocycles. The van der Waals surface area contributed by atoms with Crippen LogP contribution in [0.1, 0.15) is 18.5 Å². The van der Waals surface area contributed by atoms with E-state index in [1.807, 2.05) is 54.3 Å². The molecule has 0 unspecified atom stereocenters. The molecule has 0 spiro atoms. The van der Waals surface area contributed by atoms with Crippen LogP contribution in [0.15, 0.2) is 66.7 Å². The highest BCUT2D eigenvalue weighted by Gasteiger charge is 2.31. The van der Waals surface area contributed by atoms with Gasteiger partial charge < -0.3 is 20.3 Å². The van der Waals surface area contributed by atoms with Crippen LogP contribution in [-0.2, 0) is 9.59 Å². The van der Waals surface area contributed by atoms with E-state index in [2.05, 4.69) is 34.9 Å². The molecule has 0 radical (unpaired) electrons. The van der Waals surface area contributed by atoms with E-state index in [0.717, 1.165) is 16.6 Å². The fourth-order valence-electron chi connectivity index (χ4n) is 3.78. The number of ether oxygens (including phenoxy) is 1. The number of nitrogens with one attached hydrogen (secondary N) is 2. The second-order valence-corrected chi connectivity index (χ2v) is 7.46. The van der Waals surface area contributed by atoms with Crippen molar-refractivity contribution in [1.82, 2.24) is 10.6 Å². The molecule has 6 heteroatoms. The smallest absolute Gasteiger partial charge is 0.262 e. The minimum absolute atomic E-state index is 0.108. The number of amides is 2. The van der Waals surface area contributed by atoms with Gasteiger partial charge in [0.15, 0.2) is 6.10 Å². The summed E-state index contributed by atoms with van der Waals surface area (Å²) in [6.45, 7) is 2.43. The Balaban J connectivity index is 1.47. The molecule has 6 nitrogen and oxygen atoms in total. The van der Waals surface area contributed by atoms with Crippen molar-refractivity contribution in [3.63, 3.8) is 0 Å². The van der Waals surface area contributed by atoms with Crippen molar-refractivity contribution in [3.8, 4) is 5.75 Å². The monoisotopic (exact) mass is 403 g/mol. The Morgan fingerprint density at radius 3 is 2.60 bits per heavy atom. The van der Waals surface area contributed by atoms with Crippen LogP contribution in [0, 0.1) is 0 Å². The zero-order chi connectivity index (χ0) is 21.1. The van der Waals surface area contributed by atoms with Crippen LogP contribution in [0.5, 0.6) is 5.75 Å². The van der Waals surface area contributed by atoms with Crippen LogP contribution in [0.3, 0.4) is 0 Å². The number of nitrogens with zero attached hydrogens (tertiary/aromatic N) is 1. The van der Waals surface area contributed by atoms with Crippen LogP contribution in [0.4, 0.5) is 5.69 Å². The molecule has 0 fully saturated rings. The molecule has 3 aromatic carbocycles. The van der Waals surface area contributed by atoms with E-state index in [9.17, 15) is 9.59 Å². The lowest BCUT2D eigenvalue weighted by Crippen LogP contribution is -2.50. The number of hydrogen-bond donors (Lipinski definition) is 2. The summed E-state index contributed by atoms with van der Waals surface area (Å²) >= 11 is 0. The fraction of sp³-hybridized carbons (Fsp3) is 0.250. The molecule has 0 bridgehead atoms. The number of benzene rings is 3. The maximum absolute atomic E-state index is 12.8. The van der Waals surface area contributed by atoms with Gasteiger partial charge in [-0.25, -0.2) is 0 Å². The van der Waals surface area contributed by atoms with Gasteiger partial charge in [0.1, 0.15) is 5.75 Å². The third-order valence-corrected chi connectivity index (χ3v) is 5.39. The standard InChI is InChI=1S/C24H25N3O3/c1-16(18-12-11-17-7-3-4-8-19(17)13-18)26-23(28)15-27-14-22(24(29)25-2)30-21-10-6-5-9-20(21)27/h3-13,16,22H,14-15H2,1-2H3,(H,25,29)(H,26,28)/t16-,22-/m1/s1. The SMILES string of the molecule is CNC(=O)[C@H]1CN(CC(=O)N[C@H](C)c2ccc3ccccc3c2)c2ccccc2O1. The third kappa shape index (κ3) is 4.08. The number of carbonyl (C=O) groups excluding carboxylic acids is 2. The molecule has 1 aliphatic heterocycles. The summed E-state index contributed by atoms with van der Waals surface area (Å²) in [6, 6.07) is 21.7. The maximum Gasteiger partial charge on any atom is 0.262 e. The summed E-state index contributed by atoms with van der Waals surface area (Å²) < 4.78 is 5.80. The molecule has 2 atom stereocenters. The summed E-state index contributed by atoms with van der Waals surface area (Å²) in [5, 5.41) is 8.01. The van der Waals surface area contributed by atoms with Crippen LogP contribution in [-0.4, -0.2) is 38.1 Å². The Kier molecular flexibility index (Phi) is 5.57. The van der Waals surface area contributed by atoms with Gasteiger partial charge in [-0.05, 0) is 41.5 Å². The van der Waals surface area contributed by atoms with Crippen molar-refractivity contribution >= 4 is 28.3 Å². The second kappa shape index (κ2) is 8.45. The molecule has 154 valence electrons. The summed E-state index contributed by atoms with van der Waals surface area (Å²) in [7, 11) is 1.58. The first-order chi connectivity index (χ1) is 14.5. The molecule has 0 saturated heterocycles. The van der Waals surface area contributed by atoms with Gasteiger partial charge in [-0.3, -0.25) is 9.59 Å². The van der Waals surface area contributed by atoms with Gasteiger partial charge in [-0.2, -0.15) is 0 Å². The van der Waals surface area contributed by atoms with Crippen LogP contribution in [0.25, 0.3) is 10.8 Å². The molecule has 0 aromatic heterocycles. The second-order valence-electron chi connectivity index (χ2n) is 7.46. The average Bonchev–Trinajstić information content (AvgIpc) is 2.78. The van der Waals surface area contributed by atoms with Gasteiger partial charge in [0.2, 0.25) is 5.91 Å². The van der Waals surface area contributed by atoms with Crippen molar-refractivity contribution in [2.75, 3.05) is 25.0 Å². The Hall–Kier alpha value is -3.54. The average molecular weight is 403 g/mol. The Labute approximate surface area is 175 Å². The number of para-hydroxylation sites is 2. The highest BCUT2D eigenvalue weighted by Crippen LogP contribution is 2.33. The largest absolute Gasteiger partial charge is 0.477 e. The first-order valence-electron chi connectivity index (χ1n) is 10.1. The molecule has 1 heterocycles. The van der Waals surface area contributed by atoms with E-state index in [4.69, 9.17) is 4.74 Å². The van der Waals surface area contributed by atoms with Gasteiger partial charge in [0.25, 0.3) is 5.91 Å².